The number of hydrogen-bond acceptors (Lipinski definition) is 4. The molecule has 0 radical (unpaired) electrons. The van der Waals surface area contributed by atoms with E-state index in [0.717, 1.165) is 18.7 Å². The van der Waals surface area contributed by atoms with Crippen LogP contribution >= 0.6 is 0 Å². The van der Waals surface area contributed by atoms with Gasteiger partial charge in [-0.15, -0.1) is 0 Å². The number of nitrogens with zero attached hydrogens (tertiary/aromatic N) is 2. The van der Waals surface area contributed by atoms with E-state index >= 15 is 0 Å². The molecule has 2 heterocycles. The summed E-state index contributed by atoms with van der Waals surface area (Å²) >= 11 is 0. The van der Waals surface area contributed by atoms with Crippen molar-refractivity contribution >= 4 is 0 Å². The quantitative estimate of drug-likeness (QED) is 0.784. The predicted octanol–water partition coefficient (Wildman–Crippen LogP) is 3.15. The number of hydrogen-bond donors (Lipinski definition) is 1. The van der Waals surface area contributed by atoms with Gasteiger partial charge in [-0.3, -0.25) is 0 Å². The Labute approximate surface area is 120 Å². The minimum absolute atomic E-state index is 0.265. The van der Waals surface area contributed by atoms with E-state index < -0.39 is 0 Å². The highest BCUT2D eigenvalue weighted by molar-refractivity contribution is 5.61. The van der Waals surface area contributed by atoms with Crippen LogP contribution < -0.4 is 5.32 Å². The second-order valence-corrected chi connectivity index (χ2v) is 4.99. The maximum atomic E-state index is 13.7. The van der Waals surface area contributed by atoms with Crippen LogP contribution in [0, 0.1) is 5.82 Å². The molecule has 0 saturated heterocycles. The highest BCUT2D eigenvalue weighted by atomic mass is 19.1. The monoisotopic (exact) mass is 281 g/mol. The fourth-order valence-corrected chi connectivity index (χ4v) is 2.52. The van der Waals surface area contributed by atoms with Crippen LogP contribution in [0.4, 0.5) is 4.39 Å². The molecule has 0 aliphatic carbocycles. The lowest BCUT2D eigenvalue weighted by molar-refractivity contribution is 0.432. The number of benzene rings is 2. The molecule has 21 heavy (non-hydrogen) atoms. The van der Waals surface area contributed by atoms with E-state index in [9.17, 15) is 4.39 Å². The van der Waals surface area contributed by atoms with Gasteiger partial charge < -0.3 is 9.84 Å². The first-order valence-corrected chi connectivity index (χ1v) is 6.73. The van der Waals surface area contributed by atoms with Gasteiger partial charge in [0.05, 0.1) is 5.56 Å². The Morgan fingerprint density at radius 1 is 1.05 bits per heavy atom. The third-order valence-electron chi connectivity index (χ3n) is 3.62. The normalized spacial score (nSPS) is 13.4. The molecule has 0 atom stereocenters. The molecule has 0 amide bonds. The summed E-state index contributed by atoms with van der Waals surface area (Å²) < 4.78 is 19.0. The van der Waals surface area contributed by atoms with Crippen molar-refractivity contribution in [3.63, 3.8) is 0 Å². The largest absolute Gasteiger partial charge is 0.334 e. The molecular weight excluding hydrogens is 269 g/mol. The molecule has 0 spiro atoms. The van der Waals surface area contributed by atoms with Crippen LogP contribution in [0.25, 0.3) is 22.8 Å². The first kappa shape index (κ1) is 12.2. The Hall–Kier alpha value is -2.53. The van der Waals surface area contributed by atoms with Gasteiger partial charge in [0.15, 0.2) is 0 Å². The summed E-state index contributed by atoms with van der Waals surface area (Å²) in [6.07, 6.45) is 0. The van der Waals surface area contributed by atoms with Crippen LogP contribution in [0.2, 0.25) is 0 Å². The van der Waals surface area contributed by atoms with Crippen LogP contribution in [0.15, 0.2) is 47.0 Å². The van der Waals surface area contributed by atoms with E-state index in [-0.39, 0.29) is 11.6 Å². The zero-order valence-corrected chi connectivity index (χ0v) is 11.1. The molecule has 3 aromatic rings. The SMILES string of the molecule is Fc1ccccc1-c1noc(-c2ccc3c(c2)CNC3)n1. The van der Waals surface area contributed by atoms with Gasteiger partial charge in [-0.2, -0.15) is 4.98 Å². The summed E-state index contributed by atoms with van der Waals surface area (Å²) in [5, 5.41) is 7.16. The predicted molar refractivity (Wildman–Crippen MR) is 75.7 cm³/mol. The van der Waals surface area contributed by atoms with E-state index in [1.165, 1.54) is 17.2 Å². The van der Waals surface area contributed by atoms with E-state index in [0.29, 0.717) is 11.5 Å². The average molecular weight is 281 g/mol. The standard InChI is InChI=1S/C16H12FN3O/c17-14-4-2-1-3-13(14)15-19-16(21-20-15)10-5-6-11-8-18-9-12(11)7-10/h1-7,18H,8-9H2. The van der Waals surface area contributed by atoms with Crippen molar-refractivity contribution in [1.29, 1.82) is 0 Å². The highest BCUT2D eigenvalue weighted by Gasteiger charge is 2.16. The zero-order valence-electron chi connectivity index (χ0n) is 11.1. The van der Waals surface area contributed by atoms with Gasteiger partial charge in [-0.1, -0.05) is 23.4 Å². The smallest absolute Gasteiger partial charge is 0.258 e. The zero-order chi connectivity index (χ0) is 14.2. The molecule has 0 fully saturated rings. The maximum Gasteiger partial charge on any atom is 0.258 e. The fourth-order valence-electron chi connectivity index (χ4n) is 2.52. The van der Waals surface area contributed by atoms with E-state index in [1.54, 1.807) is 18.2 Å². The lowest BCUT2D eigenvalue weighted by Crippen LogP contribution is -1.99. The summed E-state index contributed by atoms with van der Waals surface area (Å²) in [6, 6.07) is 12.4. The van der Waals surface area contributed by atoms with Gasteiger partial charge in [0, 0.05) is 18.7 Å². The summed E-state index contributed by atoms with van der Waals surface area (Å²) in [6.45, 7) is 1.73. The van der Waals surface area contributed by atoms with Gasteiger partial charge >= 0.3 is 0 Å². The molecule has 0 bridgehead atoms. The lowest BCUT2D eigenvalue weighted by atomic mass is 10.1. The number of rotatable bonds is 2. The van der Waals surface area contributed by atoms with Crippen LogP contribution in [0.5, 0.6) is 0 Å². The highest BCUT2D eigenvalue weighted by Crippen LogP contribution is 2.26. The summed E-state index contributed by atoms with van der Waals surface area (Å²) in [5.41, 5.74) is 3.72. The molecule has 1 aliphatic heterocycles. The van der Waals surface area contributed by atoms with Crippen molar-refractivity contribution in [1.82, 2.24) is 15.5 Å². The maximum absolute atomic E-state index is 13.7. The number of fused-ring (bicyclic) bond motifs is 1. The van der Waals surface area contributed by atoms with Crippen LogP contribution in [0.3, 0.4) is 0 Å². The first-order chi connectivity index (χ1) is 10.3. The summed E-state index contributed by atoms with van der Waals surface area (Å²) in [7, 11) is 0. The topological polar surface area (TPSA) is 51.0 Å². The van der Waals surface area contributed by atoms with Crippen LogP contribution in [0.1, 0.15) is 11.1 Å². The Morgan fingerprint density at radius 3 is 2.81 bits per heavy atom. The Kier molecular flexibility index (Phi) is 2.79. The van der Waals surface area contributed by atoms with Crippen molar-refractivity contribution in [2.75, 3.05) is 0 Å². The molecule has 0 saturated carbocycles. The van der Waals surface area contributed by atoms with Gasteiger partial charge in [0.1, 0.15) is 5.82 Å². The van der Waals surface area contributed by atoms with Gasteiger partial charge in [-0.05, 0) is 35.4 Å². The number of halogens is 1. The van der Waals surface area contributed by atoms with Crippen molar-refractivity contribution in [3.8, 4) is 22.8 Å². The van der Waals surface area contributed by atoms with Crippen molar-refractivity contribution in [2.45, 2.75) is 13.1 Å². The second-order valence-electron chi connectivity index (χ2n) is 4.99. The molecule has 1 N–H and O–H groups in total. The van der Waals surface area contributed by atoms with Crippen molar-refractivity contribution in [3.05, 3.63) is 59.4 Å². The first-order valence-electron chi connectivity index (χ1n) is 6.73. The van der Waals surface area contributed by atoms with Gasteiger partial charge in [-0.25, -0.2) is 4.39 Å². The Morgan fingerprint density at radius 2 is 1.90 bits per heavy atom. The Balaban J connectivity index is 1.73. The van der Waals surface area contributed by atoms with Crippen molar-refractivity contribution < 1.29 is 8.91 Å². The third-order valence-corrected chi connectivity index (χ3v) is 3.62. The lowest BCUT2D eigenvalue weighted by Gasteiger charge is -1.99. The molecule has 4 rings (SSSR count). The molecule has 2 aromatic carbocycles. The third kappa shape index (κ3) is 2.11. The summed E-state index contributed by atoms with van der Waals surface area (Å²) in [5.74, 6) is 0.313. The van der Waals surface area contributed by atoms with E-state index in [2.05, 4.69) is 21.5 Å². The Bertz CT molecular complexity index is 813. The molecule has 5 heteroatoms. The number of nitrogens with one attached hydrogen (secondary N) is 1. The van der Waals surface area contributed by atoms with Crippen molar-refractivity contribution in [2.24, 2.45) is 0 Å². The minimum Gasteiger partial charge on any atom is -0.334 e. The van der Waals surface area contributed by atoms with Gasteiger partial charge in [0.25, 0.3) is 5.89 Å². The molecule has 1 aliphatic rings. The number of aromatic nitrogens is 2. The second kappa shape index (κ2) is 4.79. The molecule has 0 unspecified atom stereocenters. The average Bonchev–Trinajstić information content (AvgIpc) is 3.16. The molecular formula is C16H12FN3O. The van der Waals surface area contributed by atoms with E-state index in [1.807, 2.05) is 12.1 Å². The molecule has 104 valence electrons. The van der Waals surface area contributed by atoms with Crippen LogP contribution in [-0.4, -0.2) is 10.1 Å². The van der Waals surface area contributed by atoms with Crippen LogP contribution in [-0.2, 0) is 13.1 Å². The minimum atomic E-state index is -0.358. The van der Waals surface area contributed by atoms with Gasteiger partial charge in [0.2, 0.25) is 5.82 Å². The molecule has 1 aromatic heterocycles. The summed E-state index contributed by atoms with van der Waals surface area (Å²) in [4.78, 5) is 4.30. The fraction of sp³-hybridized carbons (Fsp3) is 0.125. The van der Waals surface area contributed by atoms with E-state index in [4.69, 9.17) is 4.52 Å². The molecule has 4 nitrogen and oxygen atoms in total.